The van der Waals surface area contributed by atoms with Crippen LogP contribution in [0.1, 0.15) is 17.3 Å². The van der Waals surface area contributed by atoms with Crippen molar-refractivity contribution >= 4 is 29.2 Å². The number of amides is 1. The van der Waals surface area contributed by atoms with Gasteiger partial charge in [-0.25, -0.2) is 4.79 Å². The second-order valence-electron chi connectivity index (χ2n) is 3.69. The van der Waals surface area contributed by atoms with Gasteiger partial charge in [0.2, 0.25) is 5.91 Å². The predicted molar refractivity (Wildman–Crippen MR) is 69.9 cm³/mol. The largest absolute Gasteiger partial charge is 0.465 e. The maximum atomic E-state index is 11.7. The number of carbonyl (C=O) groups is 2. The fourth-order valence-corrected chi connectivity index (χ4v) is 1.40. The maximum absolute atomic E-state index is 11.7. The SMILES string of the molecule is CNC(C)C(=O)Nc1cc(C(=O)OC)ccc1Cl. The van der Waals surface area contributed by atoms with Crippen LogP contribution in [-0.2, 0) is 9.53 Å². The molecule has 0 aliphatic heterocycles. The number of anilines is 1. The molecular formula is C12H15ClN2O3. The van der Waals surface area contributed by atoms with Crippen molar-refractivity contribution in [3.63, 3.8) is 0 Å². The lowest BCUT2D eigenvalue weighted by atomic mass is 10.2. The Morgan fingerprint density at radius 3 is 2.61 bits per heavy atom. The summed E-state index contributed by atoms with van der Waals surface area (Å²) in [5.41, 5.74) is 0.709. The molecule has 1 unspecified atom stereocenters. The highest BCUT2D eigenvalue weighted by molar-refractivity contribution is 6.33. The number of nitrogens with one attached hydrogen (secondary N) is 2. The van der Waals surface area contributed by atoms with Gasteiger partial charge in [0.1, 0.15) is 0 Å². The van der Waals surface area contributed by atoms with E-state index in [1.165, 1.54) is 25.3 Å². The molecule has 1 aromatic carbocycles. The Morgan fingerprint density at radius 2 is 2.06 bits per heavy atom. The van der Waals surface area contributed by atoms with Crippen molar-refractivity contribution in [2.45, 2.75) is 13.0 Å². The molecule has 1 amide bonds. The minimum Gasteiger partial charge on any atom is -0.465 e. The van der Waals surface area contributed by atoms with Crippen molar-refractivity contribution in [1.82, 2.24) is 5.32 Å². The molecule has 0 aliphatic carbocycles. The Balaban J connectivity index is 2.94. The van der Waals surface area contributed by atoms with Crippen molar-refractivity contribution in [2.24, 2.45) is 0 Å². The standard InChI is InChI=1S/C12H15ClN2O3/c1-7(14-2)11(16)15-10-6-8(12(17)18-3)4-5-9(10)13/h4-7,14H,1-3H3,(H,15,16). The number of ether oxygens (including phenoxy) is 1. The van der Waals surface area contributed by atoms with E-state index in [2.05, 4.69) is 15.4 Å². The van der Waals surface area contributed by atoms with Crippen LogP contribution in [0.3, 0.4) is 0 Å². The van der Waals surface area contributed by atoms with Crippen LogP contribution >= 0.6 is 11.6 Å². The van der Waals surface area contributed by atoms with E-state index in [4.69, 9.17) is 11.6 Å². The fraction of sp³-hybridized carbons (Fsp3) is 0.333. The normalized spacial score (nSPS) is 11.8. The van der Waals surface area contributed by atoms with Crippen molar-refractivity contribution in [3.05, 3.63) is 28.8 Å². The smallest absolute Gasteiger partial charge is 0.337 e. The second kappa shape index (κ2) is 6.37. The van der Waals surface area contributed by atoms with Crippen molar-refractivity contribution < 1.29 is 14.3 Å². The molecule has 0 heterocycles. The summed E-state index contributed by atoms with van der Waals surface area (Å²) in [6.07, 6.45) is 0. The van der Waals surface area contributed by atoms with Gasteiger partial charge in [0.25, 0.3) is 0 Å². The lowest BCUT2D eigenvalue weighted by Gasteiger charge is -2.12. The van der Waals surface area contributed by atoms with Gasteiger partial charge >= 0.3 is 5.97 Å². The molecule has 2 N–H and O–H groups in total. The first-order valence-electron chi connectivity index (χ1n) is 5.35. The molecule has 0 aromatic heterocycles. The summed E-state index contributed by atoms with van der Waals surface area (Å²) >= 11 is 5.95. The second-order valence-corrected chi connectivity index (χ2v) is 4.09. The van der Waals surface area contributed by atoms with E-state index >= 15 is 0 Å². The minimum atomic E-state index is -0.483. The monoisotopic (exact) mass is 270 g/mol. The summed E-state index contributed by atoms with van der Waals surface area (Å²) in [5, 5.41) is 5.81. The molecule has 1 atom stereocenters. The van der Waals surface area contributed by atoms with Gasteiger partial charge in [-0.2, -0.15) is 0 Å². The van der Waals surface area contributed by atoms with Gasteiger partial charge < -0.3 is 15.4 Å². The van der Waals surface area contributed by atoms with Gasteiger partial charge in [0, 0.05) is 0 Å². The number of hydrogen-bond donors (Lipinski definition) is 2. The molecule has 0 saturated heterocycles. The van der Waals surface area contributed by atoms with E-state index < -0.39 is 5.97 Å². The number of halogens is 1. The van der Waals surface area contributed by atoms with Crippen LogP contribution in [0.2, 0.25) is 5.02 Å². The topological polar surface area (TPSA) is 67.4 Å². The molecular weight excluding hydrogens is 256 g/mol. The molecule has 98 valence electrons. The van der Waals surface area contributed by atoms with E-state index in [0.717, 1.165) is 0 Å². The number of benzene rings is 1. The molecule has 0 bridgehead atoms. The molecule has 0 saturated carbocycles. The fourth-order valence-electron chi connectivity index (χ4n) is 1.24. The Kier molecular flexibility index (Phi) is 5.12. The molecule has 1 rings (SSSR count). The zero-order chi connectivity index (χ0) is 13.7. The average Bonchev–Trinajstić information content (AvgIpc) is 2.39. The molecule has 0 fully saturated rings. The molecule has 0 radical (unpaired) electrons. The first-order valence-corrected chi connectivity index (χ1v) is 5.73. The summed E-state index contributed by atoms with van der Waals surface area (Å²) < 4.78 is 4.60. The predicted octanol–water partition coefficient (Wildman–Crippen LogP) is 1.67. The number of carbonyl (C=O) groups excluding carboxylic acids is 2. The maximum Gasteiger partial charge on any atom is 0.337 e. The third-order valence-electron chi connectivity index (χ3n) is 2.47. The highest BCUT2D eigenvalue weighted by atomic mass is 35.5. The molecule has 6 heteroatoms. The molecule has 0 aliphatic rings. The van der Waals surface area contributed by atoms with Crippen molar-refractivity contribution in [3.8, 4) is 0 Å². The first-order chi connectivity index (χ1) is 8.49. The molecule has 1 aromatic rings. The third-order valence-corrected chi connectivity index (χ3v) is 2.80. The van der Waals surface area contributed by atoms with Gasteiger partial charge in [-0.05, 0) is 32.2 Å². The number of methoxy groups -OCH3 is 1. The van der Waals surface area contributed by atoms with Crippen LogP contribution in [0.25, 0.3) is 0 Å². The van der Waals surface area contributed by atoms with Crippen LogP contribution in [0.15, 0.2) is 18.2 Å². The van der Waals surface area contributed by atoms with E-state index in [-0.39, 0.29) is 11.9 Å². The van der Waals surface area contributed by atoms with Gasteiger partial charge in [0.05, 0.1) is 29.4 Å². The Hall–Kier alpha value is -1.59. The third kappa shape index (κ3) is 3.45. The summed E-state index contributed by atoms with van der Waals surface area (Å²) in [5.74, 6) is -0.717. The van der Waals surface area contributed by atoms with Gasteiger partial charge in [-0.1, -0.05) is 11.6 Å². The van der Waals surface area contributed by atoms with E-state index in [1.54, 1.807) is 14.0 Å². The number of rotatable bonds is 4. The lowest BCUT2D eigenvalue weighted by Crippen LogP contribution is -2.35. The Morgan fingerprint density at radius 1 is 1.39 bits per heavy atom. The minimum absolute atomic E-state index is 0.235. The Bertz CT molecular complexity index is 463. The number of esters is 1. The number of likely N-dealkylation sites (N-methyl/N-ethyl adjacent to an activating group) is 1. The summed E-state index contributed by atoms with van der Waals surface area (Å²) in [7, 11) is 2.97. The van der Waals surface area contributed by atoms with Crippen LogP contribution in [0, 0.1) is 0 Å². The van der Waals surface area contributed by atoms with E-state index in [0.29, 0.717) is 16.3 Å². The first kappa shape index (κ1) is 14.5. The lowest BCUT2D eigenvalue weighted by molar-refractivity contribution is -0.117. The van der Waals surface area contributed by atoms with Crippen LogP contribution in [0.4, 0.5) is 5.69 Å². The van der Waals surface area contributed by atoms with Crippen LogP contribution in [0.5, 0.6) is 0 Å². The van der Waals surface area contributed by atoms with Gasteiger partial charge in [-0.3, -0.25) is 4.79 Å². The zero-order valence-corrected chi connectivity index (χ0v) is 11.2. The van der Waals surface area contributed by atoms with Gasteiger partial charge in [-0.15, -0.1) is 0 Å². The molecule has 18 heavy (non-hydrogen) atoms. The van der Waals surface area contributed by atoms with E-state index in [1.807, 2.05) is 0 Å². The molecule has 0 spiro atoms. The number of hydrogen-bond acceptors (Lipinski definition) is 4. The highest BCUT2D eigenvalue weighted by Gasteiger charge is 2.14. The van der Waals surface area contributed by atoms with Crippen LogP contribution < -0.4 is 10.6 Å². The van der Waals surface area contributed by atoms with Crippen molar-refractivity contribution in [2.75, 3.05) is 19.5 Å². The Labute approximate surface area is 110 Å². The summed E-state index contributed by atoms with van der Waals surface area (Å²) in [6, 6.07) is 4.19. The van der Waals surface area contributed by atoms with Crippen molar-refractivity contribution in [1.29, 1.82) is 0 Å². The zero-order valence-electron chi connectivity index (χ0n) is 10.4. The van der Waals surface area contributed by atoms with Crippen LogP contribution in [-0.4, -0.2) is 32.1 Å². The average molecular weight is 271 g/mol. The molecule has 5 nitrogen and oxygen atoms in total. The van der Waals surface area contributed by atoms with E-state index in [9.17, 15) is 9.59 Å². The summed E-state index contributed by atoms with van der Waals surface area (Å²) in [6.45, 7) is 1.72. The summed E-state index contributed by atoms with van der Waals surface area (Å²) in [4.78, 5) is 23.1. The quantitative estimate of drug-likeness (QED) is 0.817. The highest BCUT2D eigenvalue weighted by Crippen LogP contribution is 2.23. The van der Waals surface area contributed by atoms with Gasteiger partial charge in [0.15, 0.2) is 0 Å².